The third kappa shape index (κ3) is 2.45. The molecule has 3 aromatic rings. The van der Waals surface area contributed by atoms with E-state index in [2.05, 4.69) is 4.98 Å². The van der Waals surface area contributed by atoms with Gasteiger partial charge in [0.1, 0.15) is 11.6 Å². The molecule has 0 spiro atoms. The third-order valence-corrected chi connectivity index (χ3v) is 3.13. The molecule has 0 unspecified atom stereocenters. The fourth-order valence-corrected chi connectivity index (χ4v) is 2.13. The average Bonchev–Trinajstić information content (AvgIpc) is 2.49. The molecule has 0 aliphatic heterocycles. The summed E-state index contributed by atoms with van der Waals surface area (Å²) >= 11 is 0. The Hall–Kier alpha value is -2.82. The zero-order valence-electron chi connectivity index (χ0n) is 11.3. The summed E-state index contributed by atoms with van der Waals surface area (Å²) in [6, 6.07) is 11.4. The normalized spacial score (nSPS) is 10.6. The molecule has 0 atom stereocenters. The third-order valence-electron chi connectivity index (χ3n) is 3.13. The fourth-order valence-electron chi connectivity index (χ4n) is 2.13. The fraction of sp³-hybridized carbons (Fsp3) is 0.0625. The highest BCUT2D eigenvalue weighted by Crippen LogP contribution is 2.34. The van der Waals surface area contributed by atoms with Crippen molar-refractivity contribution in [2.24, 2.45) is 0 Å². The predicted octanol–water partition coefficient (Wildman–Crippen LogP) is 3.76. The van der Waals surface area contributed by atoms with Gasteiger partial charge >= 0.3 is 0 Å². The Morgan fingerprint density at radius 2 is 1.90 bits per heavy atom. The maximum absolute atomic E-state index is 13.1. The van der Waals surface area contributed by atoms with Crippen LogP contribution in [0, 0.1) is 5.82 Å². The zero-order chi connectivity index (χ0) is 14.8. The Morgan fingerprint density at radius 3 is 2.67 bits per heavy atom. The molecule has 0 aliphatic rings. The van der Waals surface area contributed by atoms with Gasteiger partial charge in [0.2, 0.25) is 5.88 Å². The van der Waals surface area contributed by atoms with Crippen molar-refractivity contribution in [2.45, 2.75) is 0 Å². The second-order valence-electron chi connectivity index (χ2n) is 4.46. The van der Waals surface area contributed by atoms with E-state index < -0.39 is 5.82 Å². The number of ether oxygens (including phenoxy) is 2. The summed E-state index contributed by atoms with van der Waals surface area (Å²) in [6.07, 6.45) is 1.62. The monoisotopic (exact) mass is 284 g/mol. The number of methoxy groups -OCH3 is 1. The van der Waals surface area contributed by atoms with Crippen molar-refractivity contribution in [3.05, 3.63) is 54.5 Å². The van der Waals surface area contributed by atoms with Crippen molar-refractivity contribution in [1.82, 2.24) is 4.98 Å². The molecule has 0 radical (unpaired) electrons. The molecule has 4 nitrogen and oxygen atoms in total. The molecule has 0 bridgehead atoms. The van der Waals surface area contributed by atoms with E-state index in [0.29, 0.717) is 11.6 Å². The molecule has 0 aliphatic carbocycles. The first-order chi connectivity index (χ1) is 10.2. The maximum atomic E-state index is 13.1. The molecule has 1 aromatic heterocycles. The highest BCUT2D eigenvalue weighted by Gasteiger charge is 2.10. The lowest BCUT2D eigenvalue weighted by atomic mass is 10.1. The molecule has 2 aromatic carbocycles. The Kier molecular flexibility index (Phi) is 3.31. The van der Waals surface area contributed by atoms with Crippen LogP contribution in [0.15, 0.2) is 48.7 Å². The Labute approximate surface area is 120 Å². The van der Waals surface area contributed by atoms with Crippen molar-refractivity contribution in [2.75, 3.05) is 12.8 Å². The average molecular weight is 284 g/mol. The summed E-state index contributed by atoms with van der Waals surface area (Å²) in [5.74, 6) is 1.07. The number of hydrogen-bond acceptors (Lipinski definition) is 4. The van der Waals surface area contributed by atoms with E-state index in [-0.39, 0.29) is 5.69 Å². The van der Waals surface area contributed by atoms with Gasteiger partial charge in [0.05, 0.1) is 12.8 Å². The molecular formula is C16H13FN2O2. The maximum Gasteiger partial charge on any atom is 0.227 e. The first kappa shape index (κ1) is 13.2. The van der Waals surface area contributed by atoms with Gasteiger partial charge in [0.15, 0.2) is 5.75 Å². The Balaban J connectivity index is 2.08. The second kappa shape index (κ2) is 5.28. The number of nitrogens with zero attached hydrogens (tertiary/aromatic N) is 1. The molecule has 0 amide bonds. The number of aromatic nitrogens is 1. The van der Waals surface area contributed by atoms with E-state index in [1.807, 2.05) is 24.3 Å². The minimum absolute atomic E-state index is 0.219. The molecule has 3 rings (SSSR count). The van der Waals surface area contributed by atoms with Crippen molar-refractivity contribution in [3.63, 3.8) is 0 Å². The van der Waals surface area contributed by atoms with E-state index in [1.165, 1.54) is 18.2 Å². The van der Waals surface area contributed by atoms with Gasteiger partial charge in [0, 0.05) is 23.0 Å². The highest BCUT2D eigenvalue weighted by atomic mass is 19.1. The summed E-state index contributed by atoms with van der Waals surface area (Å²) in [5, 5.41) is 1.67. The van der Waals surface area contributed by atoms with Crippen LogP contribution in [0.4, 0.5) is 10.1 Å². The van der Waals surface area contributed by atoms with Crippen LogP contribution in [0.25, 0.3) is 10.8 Å². The van der Waals surface area contributed by atoms with Crippen molar-refractivity contribution < 1.29 is 13.9 Å². The summed E-state index contributed by atoms with van der Waals surface area (Å²) < 4.78 is 24.1. The molecule has 0 fully saturated rings. The molecule has 106 valence electrons. The van der Waals surface area contributed by atoms with E-state index in [0.717, 1.165) is 16.5 Å². The number of benzene rings is 2. The van der Waals surface area contributed by atoms with Crippen LogP contribution in [-0.4, -0.2) is 12.1 Å². The van der Waals surface area contributed by atoms with Crippen LogP contribution in [0.2, 0.25) is 0 Å². The number of hydrogen-bond donors (Lipinski definition) is 1. The molecule has 21 heavy (non-hydrogen) atoms. The number of rotatable bonds is 3. The van der Waals surface area contributed by atoms with Gasteiger partial charge in [-0.05, 0) is 30.3 Å². The molecule has 1 heterocycles. The summed E-state index contributed by atoms with van der Waals surface area (Å²) in [7, 11) is 1.60. The van der Waals surface area contributed by atoms with Gasteiger partial charge in [-0.1, -0.05) is 6.07 Å². The van der Waals surface area contributed by atoms with Crippen LogP contribution in [0.3, 0.4) is 0 Å². The number of fused-ring (bicyclic) bond motifs is 1. The minimum Gasteiger partial charge on any atom is -0.496 e. The minimum atomic E-state index is -0.410. The van der Waals surface area contributed by atoms with E-state index in [4.69, 9.17) is 15.2 Å². The van der Waals surface area contributed by atoms with E-state index in [1.54, 1.807) is 13.3 Å². The SMILES string of the molecule is COc1cccc2c(Oc3ccc(F)cc3N)nccc12. The Bertz CT molecular complexity index is 805. The molecule has 0 saturated carbocycles. The lowest BCUT2D eigenvalue weighted by Crippen LogP contribution is -1.95. The van der Waals surface area contributed by atoms with Crippen LogP contribution < -0.4 is 15.2 Å². The van der Waals surface area contributed by atoms with Crippen molar-refractivity contribution in [3.8, 4) is 17.4 Å². The van der Waals surface area contributed by atoms with Crippen LogP contribution >= 0.6 is 0 Å². The Morgan fingerprint density at radius 1 is 1.05 bits per heavy atom. The molecule has 5 heteroatoms. The lowest BCUT2D eigenvalue weighted by molar-refractivity contribution is 0.419. The van der Waals surface area contributed by atoms with Gasteiger partial charge in [0.25, 0.3) is 0 Å². The van der Waals surface area contributed by atoms with Gasteiger partial charge in [-0.15, -0.1) is 0 Å². The largest absolute Gasteiger partial charge is 0.496 e. The highest BCUT2D eigenvalue weighted by molar-refractivity contribution is 5.92. The first-order valence-electron chi connectivity index (χ1n) is 6.33. The van der Waals surface area contributed by atoms with Gasteiger partial charge in [-0.25, -0.2) is 9.37 Å². The van der Waals surface area contributed by atoms with Crippen LogP contribution in [-0.2, 0) is 0 Å². The van der Waals surface area contributed by atoms with Crippen LogP contribution in [0.1, 0.15) is 0 Å². The van der Waals surface area contributed by atoms with Gasteiger partial charge < -0.3 is 15.2 Å². The van der Waals surface area contributed by atoms with Gasteiger partial charge in [-0.3, -0.25) is 0 Å². The van der Waals surface area contributed by atoms with Crippen molar-refractivity contribution >= 4 is 16.5 Å². The number of anilines is 1. The summed E-state index contributed by atoms with van der Waals surface area (Å²) in [6.45, 7) is 0. The number of halogens is 1. The smallest absolute Gasteiger partial charge is 0.227 e. The van der Waals surface area contributed by atoms with E-state index >= 15 is 0 Å². The first-order valence-corrected chi connectivity index (χ1v) is 6.33. The topological polar surface area (TPSA) is 57.4 Å². The summed E-state index contributed by atoms with van der Waals surface area (Å²) in [4.78, 5) is 4.21. The predicted molar refractivity (Wildman–Crippen MR) is 79.2 cm³/mol. The quantitative estimate of drug-likeness (QED) is 0.744. The zero-order valence-corrected chi connectivity index (χ0v) is 11.3. The summed E-state index contributed by atoms with van der Waals surface area (Å²) in [5.41, 5.74) is 5.97. The molecule has 2 N–H and O–H groups in total. The van der Waals surface area contributed by atoms with E-state index in [9.17, 15) is 4.39 Å². The molecule has 0 saturated heterocycles. The van der Waals surface area contributed by atoms with Gasteiger partial charge in [-0.2, -0.15) is 0 Å². The number of nitrogen functional groups attached to an aromatic ring is 1. The lowest BCUT2D eigenvalue weighted by Gasteiger charge is -2.11. The van der Waals surface area contributed by atoms with Crippen LogP contribution in [0.5, 0.6) is 17.4 Å². The standard InChI is InChI=1S/C16H13FN2O2/c1-20-14-4-2-3-12-11(14)7-8-19-16(12)21-15-6-5-10(17)9-13(15)18/h2-9H,18H2,1H3. The molecular weight excluding hydrogens is 271 g/mol. The second-order valence-corrected chi connectivity index (χ2v) is 4.46. The number of pyridine rings is 1. The number of nitrogens with two attached hydrogens (primary N) is 1. The van der Waals surface area contributed by atoms with Crippen molar-refractivity contribution in [1.29, 1.82) is 0 Å².